The molecule has 1 N–H and O–H groups in total. The van der Waals surface area contributed by atoms with Gasteiger partial charge in [-0.3, -0.25) is 9.55 Å². The second kappa shape index (κ2) is 17.4. The summed E-state index contributed by atoms with van der Waals surface area (Å²) in [6, 6.07) is 58.6. The van der Waals surface area contributed by atoms with Crippen molar-refractivity contribution in [1.82, 2.24) is 14.5 Å². The number of benzene rings is 7. The first kappa shape index (κ1) is 41.3. The number of fused-ring (bicyclic) bond motifs is 1. The molecule has 0 saturated carbocycles. The highest BCUT2D eigenvalue weighted by Crippen LogP contribution is 2.44. The highest BCUT2D eigenvalue weighted by Gasteiger charge is 2.25. The molecule has 4 nitrogen and oxygen atoms in total. The van der Waals surface area contributed by atoms with Gasteiger partial charge in [-0.05, 0) is 136 Å². The summed E-state index contributed by atoms with van der Waals surface area (Å²) < 4.78 is 2.29. The van der Waals surface area contributed by atoms with E-state index in [0.29, 0.717) is 11.7 Å². The lowest BCUT2D eigenvalue weighted by molar-refractivity contribution is 0.466. The van der Waals surface area contributed by atoms with Gasteiger partial charge in [0.1, 0.15) is 11.6 Å². The van der Waals surface area contributed by atoms with Gasteiger partial charge in [0.2, 0.25) is 0 Å². The predicted octanol–water partition coefficient (Wildman–Crippen LogP) is 15.9. The van der Waals surface area contributed by atoms with Crippen LogP contribution >= 0.6 is 0 Å². The third-order valence-corrected chi connectivity index (χ3v) is 12.2. The van der Waals surface area contributed by atoms with Crippen LogP contribution in [0.5, 0.6) is 5.75 Å². The van der Waals surface area contributed by atoms with E-state index in [0.717, 1.165) is 90.0 Å². The maximum atomic E-state index is 12.3. The topological polar surface area (TPSA) is 50.9 Å². The molecule has 0 aliphatic carbocycles. The van der Waals surface area contributed by atoms with Crippen molar-refractivity contribution in [2.24, 2.45) is 5.92 Å². The van der Waals surface area contributed by atoms with E-state index < -0.39 is 0 Å². The van der Waals surface area contributed by atoms with E-state index in [2.05, 4.69) is 217 Å². The minimum atomic E-state index is 0.114. The summed E-state index contributed by atoms with van der Waals surface area (Å²) in [5, 5.41) is 12.3. The van der Waals surface area contributed by atoms with Crippen LogP contribution in [0.1, 0.15) is 75.6 Å². The number of aryl methyl sites for hydroxylation is 1. The van der Waals surface area contributed by atoms with Crippen LogP contribution in [0.2, 0.25) is 0 Å². The zero-order valence-corrected chi connectivity index (χ0v) is 37.4. The molecule has 0 atom stereocenters. The Morgan fingerprint density at radius 2 is 1.21 bits per heavy atom. The highest BCUT2D eigenvalue weighted by molar-refractivity contribution is 5.98. The summed E-state index contributed by atoms with van der Waals surface area (Å²) in [5.41, 5.74) is 18.9. The molecule has 4 heteroatoms. The van der Waals surface area contributed by atoms with Crippen molar-refractivity contribution in [2.75, 3.05) is 0 Å². The van der Waals surface area contributed by atoms with Gasteiger partial charge >= 0.3 is 0 Å². The Bertz CT molecular complexity index is 3070. The van der Waals surface area contributed by atoms with Crippen molar-refractivity contribution in [3.05, 3.63) is 192 Å². The molecule has 2 aromatic heterocycles. The van der Waals surface area contributed by atoms with Crippen molar-refractivity contribution in [1.29, 1.82) is 0 Å². The van der Waals surface area contributed by atoms with E-state index in [1.807, 2.05) is 6.20 Å². The van der Waals surface area contributed by atoms with Gasteiger partial charge in [0.05, 0.1) is 28.0 Å². The van der Waals surface area contributed by atoms with Crippen molar-refractivity contribution < 1.29 is 5.11 Å². The van der Waals surface area contributed by atoms with Crippen LogP contribution in [0.4, 0.5) is 0 Å². The number of pyridine rings is 1. The monoisotopic (exact) mass is 821 g/mol. The summed E-state index contributed by atoms with van der Waals surface area (Å²) in [6.07, 6.45) is 2.88. The largest absolute Gasteiger partial charge is 0.507 e. The third kappa shape index (κ3) is 8.34. The molecule has 0 fully saturated rings. The SMILES string of the molecule is Cc1ccc(-c2ccnc(-c3cc(-c4ccccc4)cc(-c4cccc5c4nc(-c4cc(C(C)C)cc(C(C)C)c4O)n5-c4ccc(CC(C)C)cc4-c4ccccc4)c3)c2)cc1. The first-order valence-corrected chi connectivity index (χ1v) is 22.3. The lowest BCUT2D eigenvalue weighted by Crippen LogP contribution is -2.04. The molecular formula is C59H55N3O. The maximum absolute atomic E-state index is 12.3. The minimum Gasteiger partial charge on any atom is -0.507 e. The van der Waals surface area contributed by atoms with Crippen LogP contribution in [0.3, 0.4) is 0 Å². The lowest BCUT2D eigenvalue weighted by Gasteiger charge is -2.20. The van der Waals surface area contributed by atoms with Gasteiger partial charge in [0.25, 0.3) is 0 Å². The van der Waals surface area contributed by atoms with Gasteiger partial charge in [0.15, 0.2) is 0 Å². The fraction of sp³-hybridized carbons (Fsp3) is 0.186. The summed E-state index contributed by atoms with van der Waals surface area (Å²) in [7, 11) is 0. The number of aromatic nitrogens is 3. The van der Waals surface area contributed by atoms with Gasteiger partial charge in [-0.2, -0.15) is 0 Å². The molecule has 7 aromatic carbocycles. The average molecular weight is 822 g/mol. The number of hydrogen-bond acceptors (Lipinski definition) is 3. The molecule has 0 amide bonds. The van der Waals surface area contributed by atoms with Crippen LogP contribution in [0.25, 0.3) is 83.9 Å². The van der Waals surface area contributed by atoms with Gasteiger partial charge in [-0.1, -0.05) is 156 Å². The molecule has 0 spiro atoms. The Labute approximate surface area is 372 Å². The Morgan fingerprint density at radius 3 is 1.90 bits per heavy atom. The summed E-state index contributed by atoms with van der Waals surface area (Å²) in [4.78, 5) is 10.6. The van der Waals surface area contributed by atoms with Crippen molar-refractivity contribution in [2.45, 2.75) is 66.7 Å². The molecule has 312 valence electrons. The smallest absolute Gasteiger partial charge is 0.149 e. The first-order valence-electron chi connectivity index (χ1n) is 22.3. The van der Waals surface area contributed by atoms with Crippen LogP contribution in [-0.4, -0.2) is 19.6 Å². The number of nitrogens with zero attached hydrogens (tertiary/aromatic N) is 3. The van der Waals surface area contributed by atoms with Crippen LogP contribution in [0.15, 0.2) is 170 Å². The van der Waals surface area contributed by atoms with Crippen LogP contribution in [0, 0.1) is 12.8 Å². The van der Waals surface area contributed by atoms with Crippen molar-refractivity contribution in [3.8, 4) is 78.6 Å². The molecule has 9 aromatic rings. The van der Waals surface area contributed by atoms with E-state index in [4.69, 9.17) is 9.97 Å². The third-order valence-electron chi connectivity index (χ3n) is 12.2. The Hall–Kier alpha value is -7.04. The second-order valence-corrected chi connectivity index (χ2v) is 18.0. The number of rotatable bonds is 11. The molecule has 0 unspecified atom stereocenters. The fourth-order valence-corrected chi connectivity index (χ4v) is 8.85. The lowest BCUT2D eigenvalue weighted by atomic mass is 9.91. The van der Waals surface area contributed by atoms with E-state index in [-0.39, 0.29) is 17.6 Å². The molecule has 0 bridgehead atoms. The van der Waals surface area contributed by atoms with Crippen molar-refractivity contribution >= 4 is 11.0 Å². The van der Waals surface area contributed by atoms with Gasteiger partial charge in [-0.15, -0.1) is 0 Å². The number of phenols is 1. The molecule has 63 heavy (non-hydrogen) atoms. The second-order valence-electron chi connectivity index (χ2n) is 18.0. The van der Waals surface area contributed by atoms with E-state index in [1.165, 1.54) is 16.7 Å². The van der Waals surface area contributed by atoms with Gasteiger partial charge in [-0.25, -0.2) is 4.98 Å². The number of para-hydroxylation sites is 1. The molecule has 9 rings (SSSR count). The van der Waals surface area contributed by atoms with Gasteiger partial charge < -0.3 is 5.11 Å². The summed E-state index contributed by atoms with van der Waals surface area (Å²) in [6.45, 7) is 15.4. The maximum Gasteiger partial charge on any atom is 0.149 e. The molecule has 0 saturated heterocycles. The number of hydrogen-bond donors (Lipinski definition) is 1. The summed E-state index contributed by atoms with van der Waals surface area (Å²) >= 11 is 0. The quantitative estimate of drug-likeness (QED) is 0.141. The minimum absolute atomic E-state index is 0.114. The zero-order chi connectivity index (χ0) is 43.8. The Kier molecular flexibility index (Phi) is 11.4. The van der Waals surface area contributed by atoms with Crippen LogP contribution < -0.4 is 0 Å². The van der Waals surface area contributed by atoms with Gasteiger partial charge in [0, 0.05) is 22.9 Å². The standard InChI is InChI=1S/C59H55N3O/c1-37(2)29-41-23-26-55(52(30-41)44-17-12-9-13-18-44)62-56-20-14-19-50(57(56)61-59(62)53-35-46(38(3)4)34-51(39(5)6)58(53)63)48-31-47(42-15-10-8-11-16-42)32-49(33-48)54-36-45(27-28-60-54)43-24-21-40(7)22-25-43/h8-28,30-39,63H,29H2,1-7H3. The summed E-state index contributed by atoms with van der Waals surface area (Å²) in [5.74, 6) is 1.86. The Morgan fingerprint density at radius 1 is 0.524 bits per heavy atom. The first-order chi connectivity index (χ1) is 30.5. The molecule has 0 aliphatic rings. The molecule has 2 heterocycles. The predicted molar refractivity (Wildman–Crippen MR) is 265 cm³/mol. The van der Waals surface area contributed by atoms with Crippen molar-refractivity contribution in [3.63, 3.8) is 0 Å². The van der Waals surface area contributed by atoms with E-state index in [1.54, 1.807) is 0 Å². The number of imidazole rings is 1. The van der Waals surface area contributed by atoms with Crippen LogP contribution in [-0.2, 0) is 6.42 Å². The fourth-order valence-electron chi connectivity index (χ4n) is 8.85. The normalized spacial score (nSPS) is 11.7. The van der Waals surface area contributed by atoms with E-state index >= 15 is 0 Å². The number of phenolic OH excluding ortho intramolecular Hbond substituents is 1. The Balaban J connectivity index is 1.34. The highest BCUT2D eigenvalue weighted by atomic mass is 16.3. The molecule has 0 aliphatic heterocycles. The molecule has 0 radical (unpaired) electrons. The molecular weight excluding hydrogens is 767 g/mol. The van der Waals surface area contributed by atoms with E-state index in [9.17, 15) is 5.11 Å². The number of aromatic hydroxyl groups is 1. The average Bonchev–Trinajstić information content (AvgIpc) is 3.69. The zero-order valence-electron chi connectivity index (χ0n) is 37.4.